The second-order valence-corrected chi connectivity index (χ2v) is 6.06. The van der Waals surface area contributed by atoms with Gasteiger partial charge in [0.1, 0.15) is 0 Å². The maximum Gasteiger partial charge on any atom is 0.338 e. The molecule has 0 heterocycles. The standard InChI is InChI=1S/C21H23NO5/c1-3-4-12-26-20(24)16-8-10-18(11-9-16)22-19(23)14-27-21(25)17-7-5-6-15(2)13-17/h5-11,13H,3-4,12,14H2,1-2H3,(H,22,23). The number of nitrogens with one attached hydrogen (secondary N) is 1. The normalized spacial score (nSPS) is 10.1. The van der Waals surface area contributed by atoms with E-state index < -0.39 is 24.5 Å². The number of rotatable bonds is 8. The highest BCUT2D eigenvalue weighted by Gasteiger charge is 2.11. The van der Waals surface area contributed by atoms with Crippen LogP contribution in [0.1, 0.15) is 46.0 Å². The monoisotopic (exact) mass is 369 g/mol. The number of amides is 1. The third kappa shape index (κ3) is 6.58. The lowest BCUT2D eigenvalue weighted by Crippen LogP contribution is -2.21. The molecule has 0 bridgehead atoms. The minimum Gasteiger partial charge on any atom is -0.462 e. The fraction of sp³-hybridized carbons (Fsp3) is 0.286. The molecule has 1 N–H and O–H groups in total. The molecular formula is C21H23NO5. The molecule has 1 amide bonds. The lowest BCUT2D eigenvalue weighted by molar-refractivity contribution is -0.119. The van der Waals surface area contributed by atoms with Crippen molar-refractivity contribution in [3.8, 4) is 0 Å². The largest absolute Gasteiger partial charge is 0.462 e. The molecule has 2 aromatic carbocycles. The van der Waals surface area contributed by atoms with Crippen molar-refractivity contribution in [3.63, 3.8) is 0 Å². The van der Waals surface area contributed by atoms with E-state index in [1.54, 1.807) is 42.5 Å². The zero-order valence-corrected chi connectivity index (χ0v) is 15.5. The molecule has 0 aromatic heterocycles. The van der Waals surface area contributed by atoms with Crippen LogP contribution < -0.4 is 5.32 Å². The Morgan fingerprint density at radius 3 is 2.30 bits per heavy atom. The van der Waals surface area contributed by atoms with Gasteiger partial charge in [0.2, 0.25) is 0 Å². The quantitative estimate of drug-likeness (QED) is 0.566. The minimum absolute atomic E-state index is 0.389. The van der Waals surface area contributed by atoms with Crippen LogP contribution >= 0.6 is 0 Å². The van der Waals surface area contributed by atoms with Gasteiger partial charge in [-0.1, -0.05) is 31.0 Å². The zero-order chi connectivity index (χ0) is 19.6. The SMILES string of the molecule is CCCCOC(=O)c1ccc(NC(=O)COC(=O)c2cccc(C)c2)cc1. The third-order valence-corrected chi connectivity index (χ3v) is 3.72. The number of aryl methyl sites for hydroxylation is 1. The predicted molar refractivity (Wildman–Crippen MR) is 102 cm³/mol. The van der Waals surface area contributed by atoms with Crippen LogP contribution in [0.4, 0.5) is 5.69 Å². The van der Waals surface area contributed by atoms with Gasteiger partial charge in [-0.05, 0) is 49.7 Å². The van der Waals surface area contributed by atoms with Crippen LogP contribution in [0.2, 0.25) is 0 Å². The number of ether oxygens (including phenoxy) is 2. The summed E-state index contributed by atoms with van der Waals surface area (Å²) < 4.78 is 10.1. The third-order valence-electron chi connectivity index (χ3n) is 3.72. The first-order valence-electron chi connectivity index (χ1n) is 8.80. The van der Waals surface area contributed by atoms with Gasteiger partial charge in [0.05, 0.1) is 17.7 Å². The number of hydrogen-bond donors (Lipinski definition) is 1. The molecule has 27 heavy (non-hydrogen) atoms. The fourth-order valence-electron chi connectivity index (χ4n) is 2.27. The topological polar surface area (TPSA) is 81.7 Å². The molecule has 142 valence electrons. The van der Waals surface area contributed by atoms with Gasteiger partial charge in [-0.15, -0.1) is 0 Å². The molecule has 6 heteroatoms. The summed E-state index contributed by atoms with van der Waals surface area (Å²) in [6, 6.07) is 13.3. The smallest absolute Gasteiger partial charge is 0.338 e. The first-order valence-corrected chi connectivity index (χ1v) is 8.80. The molecule has 0 saturated heterocycles. The summed E-state index contributed by atoms with van der Waals surface area (Å²) in [6.45, 7) is 3.88. The predicted octanol–water partition coefficient (Wildman–Crippen LogP) is 3.75. The molecule has 0 unspecified atom stereocenters. The summed E-state index contributed by atoms with van der Waals surface area (Å²) in [5.74, 6) is -1.42. The van der Waals surface area contributed by atoms with Gasteiger partial charge in [-0.25, -0.2) is 9.59 Å². The van der Waals surface area contributed by atoms with Gasteiger partial charge < -0.3 is 14.8 Å². The van der Waals surface area contributed by atoms with Gasteiger partial charge in [0, 0.05) is 5.69 Å². The summed E-state index contributed by atoms with van der Waals surface area (Å²) >= 11 is 0. The van der Waals surface area contributed by atoms with Crippen LogP contribution in [-0.2, 0) is 14.3 Å². The Morgan fingerprint density at radius 1 is 0.926 bits per heavy atom. The van der Waals surface area contributed by atoms with Gasteiger partial charge in [0.15, 0.2) is 6.61 Å². The Bertz CT molecular complexity index is 798. The van der Waals surface area contributed by atoms with E-state index in [1.165, 1.54) is 0 Å². The summed E-state index contributed by atoms with van der Waals surface area (Å²) in [4.78, 5) is 35.7. The van der Waals surface area contributed by atoms with Crippen LogP contribution in [0.3, 0.4) is 0 Å². The Kier molecular flexibility index (Phi) is 7.55. The lowest BCUT2D eigenvalue weighted by atomic mass is 10.1. The average molecular weight is 369 g/mol. The number of hydrogen-bond acceptors (Lipinski definition) is 5. The maximum atomic E-state index is 11.9. The molecule has 0 spiro atoms. The fourth-order valence-corrected chi connectivity index (χ4v) is 2.27. The number of anilines is 1. The van der Waals surface area contributed by atoms with E-state index in [0.717, 1.165) is 18.4 Å². The number of carbonyl (C=O) groups excluding carboxylic acids is 3. The van der Waals surface area contributed by atoms with Crippen molar-refractivity contribution < 1.29 is 23.9 Å². The Morgan fingerprint density at radius 2 is 1.63 bits per heavy atom. The molecule has 2 rings (SSSR count). The van der Waals surface area contributed by atoms with E-state index in [4.69, 9.17) is 9.47 Å². The minimum atomic E-state index is -0.556. The van der Waals surface area contributed by atoms with E-state index in [1.807, 2.05) is 19.9 Å². The highest BCUT2D eigenvalue weighted by atomic mass is 16.5. The van der Waals surface area contributed by atoms with Crippen molar-refractivity contribution in [1.82, 2.24) is 0 Å². The zero-order valence-electron chi connectivity index (χ0n) is 15.5. The van der Waals surface area contributed by atoms with Gasteiger partial charge in [-0.2, -0.15) is 0 Å². The van der Waals surface area contributed by atoms with E-state index in [-0.39, 0.29) is 0 Å². The molecule has 6 nitrogen and oxygen atoms in total. The molecular weight excluding hydrogens is 346 g/mol. The van der Waals surface area contributed by atoms with Crippen molar-refractivity contribution >= 4 is 23.5 Å². The van der Waals surface area contributed by atoms with Crippen molar-refractivity contribution in [1.29, 1.82) is 0 Å². The van der Waals surface area contributed by atoms with Crippen molar-refractivity contribution in [2.45, 2.75) is 26.7 Å². The molecule has 2 aromatic rings. The summed E-state index contributed by atoms with van der Waals surface area (Å²) in [7, 11) is 0. The van der Waals surface area contributed by atoms with Crippen LogP contribution in [-0.4, -0.2) is 31.1 Å². The highest BCUT2D eigenvalue weighted by molar-refractivity contribution is 5.96. The summed E-state index contributed by atoms with van der Waals surface area (Å²) in [5, 5.41) is 2.61. The Labute approximate surface area is 158 Å². The molecule has 0 radical (unpaired) electrons. The van der Waals surface area contributed by atoms with Crippen LogP contribution in [0.25, 0.3) is 0 Å². The molecule has 0 atom stereocenters. The maximum absolute atomic E-state index is 11.9. The first kappa shape index (κ1) is 20.2. The highest BCUT2D eigenvalue weighted by Crippen LogP contribution is 2.11. The van der Waals surface area contributed by atoms with E-state index in [9.17, 15) is 14.4 Å². The van der Waals surface area contributed by atoms with Crippen LogP contribution in [0, 0.1) is 6.92 Å². The van der Waals surface area contributed by atoms with Crippen LogP contribution in [0.15, 0.2) is 48.5 Å². The molecule has 0 aliphatic heterocycles. The van der Waals surface area contributed by atoms with E-state index in [0.29, 0.717) is 23.4 Å². The van der Waals surface area contributed by atoms with Gasteiger partial charge >= 0.3 is 11.9 Å². The van der Waals surface area contributed by atoms with E-state index >= 15 is 0 Å². The Hall–Kier alpha value is -3.15. The summed E-state index contributed by atoms with van der Waals surface area (Å²) in [5.41, 5.74) is 2.24. The summed E-state index contributed by atoms with van der Waals surface area (Å²) in [6.07, 6.45) is 1.77. The Balaban J connectivity index is 1.81. The molecule has 0 aliphatic carbocycles. The van der Waals surface area contributed by atoms with E-state index in [2.05, 4.69) is 5.32 Å². The average Bonchev–Trinajstić information content (AvgIpc) is 2.67. The number of unbranched alkanes of at least 4 members (excludes halogenated alkanes) is 1. The molecule has 0 aliphatic rings. The molecule has 0 saturated carbocycles. The second kappa shape index (κ2) is 10.1. The second-order valence-electron chi connectivity index (χ2n) is 6.06. The number of carbonyl (C=O) groups is 3. The van der Waals surface area contributed by atoms with Gasteiger partial charge in [-0.3, -0.25) is 4.79 Å². The lowest BCUT2D eigenvalue weighted by Gasteiger charge is -2.08. The van der Waals surface area contributed by atoms with Crippen LogP contribution in [0.5, 0.6) is 0 Å². The first-order chi connectivity index (χ1) is 13.0. The van der Waals surface area contributed by atoms with Crippen molar-refractivity contribution in [3.05, 3.63) is 65.2 Å². The number of benzene rings is 2. The van der Waals surface area contributed by atoms with Crippen molar-refractivity contribution in [2.75, 3.05) is 18.5 Å². The molecule has 0 fully saturated rings. The number of esters is 2. The van der Waals surface area contributed by atoms with Crippen molar-refractivity contribution in [2.24, 2.45) is 0 Å². The van der Waals surface area contributed by atoms with Gasteiger partial charge in [0.25, 0.3) is 5.91 Å².